The lowest BCUT2D eigenvalue weighted by molar-refractivity contribution is -0.129. The number of benzene rings is 1. The summed E-state index contributed by atoms with van der Waals surface area (Å²) in [5, 5.41) is 4.19. The first-order valence-electron chi connectivity index (χ1n) is 8.13. The van der Waals surface area contributed by atoms with E-state index >= 15 is 0 Å². The molecule has 1 atom stereocenters. The summed E-state index contributed by atoms with van der Waals surface area (Å²) in [4.78, 5) is 30.5. The summed E-state index contributed by atoms with van der Waals surface area (Å²) in [7, 11) is 0. The Morgan fingerprint density at radius 2 is 2.21 bits per heavy atom. The van der Waals surface area contributed by atoms with Gasteiger partial charge in [-0.15, -0.1) is 0 Å². The van der Waals surface area contributed by atoms with Gasteiger partial charge in [-0.3, -0.25) is 19.5 Å². The normalized spacial score (nSPS) is 23.9. The van der Waals surface area contributed by atoms with E-state index in [0.29, 0.717) is 19.6 Å². The summed E-state index contributed by atoms with van der Waals surface area (Å²) in [6.07, 6.45) is 2.26. The number of rotatable bonds is 5. The highest BCUT2D eigenvalue weighted by Crippen LogP contribution is 2.49. The van der Waals surface area contributed by atoms with Crippen LogP contribution in [0, 0.1) is 0 Å². The molecule has 1 N–H and O–H groups in total. The van der Waals surface area contributed by atoms with Gasteiger partial charge in [0, 0.05) is 29.9 Å². The van der Waals surface area contributed by atoms with Gasteiger partial charge in [0.05, 0.1) is 6.54 Å². The minimum absolute atomic E-state index is 0.0126. The Morgan fingerprint density at radius 1 is 1.42 bits per heavy atom. The molecule has 1 aromatic carbocycles. The van der Waals surface area contributed by atoms with Gasteiger partial charge in [0.15, 0.2) is 5.17 Å². The molecule has 5 nitrogen and oxygen atoms in total. The molecular formula is C17H18ClN3O2S. The largest absolute Gasteiger partial charge is 0.355 e. The second-order valence-corrected chi connectivity index (χ2v) is 8.08. The SMILES string of the molecule is O=C(CC1SC2=NCCN2C1=O)NCC1(c2ccccc2Cl)CC1. The fraction of sp³-hybridized carbons (Fsp3) is 0.471. The van der Waals surface area contributed by atoms with Crippen LogP contribution in [0.25, 0.3) is 0 Å². The highest BCUT2D eigenvalue weighted by atomic mass is 35.5. The Labute approximate surface area is 149 Å². The van der Waals surface area contributed by atoms with Gasteiger partial charge in [0.1, 0.15) is 5.25 Å². The van der Waals surface area contributed by atoms with E-state index in [4.69, 9.17) is 11.6 Å². The molecule has 2 fully saturated rings. The predicted molar refractivity (Wildman–Crippen MR) is 95.4 cm³/mol. The number of hydrogen-bond donors (Lipinski definition) is 1. The lowest BCUT2D eigenvalue weighted by Crippen LogP contribution is -2.36. The van der Waals surface area contributed by atoms with Gasteiger partial charge in [-0.1, -0.05) is 41.6 Å². The minimum Gasteiger partial charge on any atom is -0.355 e. The first-order valence-corrected chi connectivity index (χ1v) is 9.39. The fourth-order valence-electron chi connectivity index (χ4n) is 3.30. The zero-order valence-corrected chi connectivity index (χ0v) is 14.7. The van der Waals surface area contributed by atoms with E-state index in [0.717, 1.165) is 28.6 Å². The second-order valence-electron chi connectivity index (χ2n) is 6.50. The topological polar surface area (TPSA) is 61.8 Å². The number of amidine groups is 1. The third-order valence-corrected chi connectivity index (χ3v) is 6.43. The van der Waals surface area contributed by atoms with Gasteiger partial charge in [0.2, 0.25) is 11.8 Å². The standard InChI is InChI=1S/C17H18ClN3O2S/c18-12-4-2-1-3-11(12)17(5-6-17)10-20-14(22)9-13-15(23)21-8-7-19-16(21)24-13/h1-4,13H,5-10H2,(H,20,22). The van der Waals surface area contributed by atoms with Crippen LogP contribution in [-0.4, -0.2) is 46.8 Å². The van der Waals surface area contributed by atoms with Gasteiger partial charge in [-0.05, 0) is 24.5 Å². The summed E-state index contributed by atoms with van der Waals surface area (Å²) in [5.74, 6) is -0.0698. The monoisotopic (exact) mass is 363 g/mol. The van der Waals surface area contributed by atoms with Gasteiger partial charge in [-0.25, -0.2) is 0 Å². The number of carbonyl (C=O) groups excluding carboxylic acids is 2. The van der Waals surface area contributed by atoms with Crippen LogP contribution in [0.4, 0.5) is 0 Å². The maximum absolute atomic E-state index is 12.3. The van der Waals surface area contributed by atoms with Gasteiger partial charge in [-0.2, -0.15) is 0 Å². The van der Waals surface area contributed by atoms with Crippen LogP contribution in [0.15, 0.2) is 29.3 Å². The molecule has 1 unspecified atom stereocenters. The first-order chi connectivity index (χ1) is 11.6. The Hall–Kier alpha value is -1.53. The van der Waals surface area contributed by atoms with Crippen molar-refractivity contribution >= 4 is 40.3 Å². The molecular weight excluding hydrogens is 346 g/mol. The van der Waals surface area contributed by atoms with Crippen molar-refractivity contribution in [3.63, 3.8) is 0 Å². The minimum atomic E-state index is -0.334. The van der Waals surface area contributed by atoms with Gasteiger partial charge >= 0.3 is 0 Å². The number of nitrogens with zero attached hydrogens (tertiary/aromatic N) is 2. The van der Waals surface area contributed by atoms with Gasteiger partial charge < -0.3 is 5.32 Å². The van der Waals surface area contributed by atoms with Gasteiger partial charge in [0.25, 0.3) is 0 Å². The molecule has 0 bridgehead atoms. The summed E-state index contributed by atoms with van der Waals surface area (Å²) in [6.45, 7) is 1.90. The Balaban J connectivity index is 1.34. The molecule has 2 amide bonds. The number of carbonyl (C=O) groups is 2. The molecule has 1 saturated heterocycles. The number of hydrogen-bond acceptors (Lipinski definition) is 4. The zero-order valence-electron chi connectivity index (χ0n) is 13.1. The molecule has 24 heavy (non-hydrogen) atoms. The Bertz CT molecular complexity index is 732. The first kappa shape index (κ1) is 16.0. The van der Waals surface area contributed by atoms with Crippen LogP contribution < -0.4 is 5.32 Å². The molecule has 1 aromatic rings. The highest BCUT2D eigenvalue weighted by Gasteiger charge is 2.46. The van der Waals surface area contributed by atoms with Crippen LogP contribution >= 0.6 is 23.4 Å². The van der Waals surface area contributed by atoms with Crippen molar-refractivity contribution in [2.24, 2.45) is 4.99 Å². The molecule has 4 rings (SSSR count). The zero-order chi connectivity index (χ0) is 16.7. The van der Waals surface area contributed by atoms with E-state index in [1.165, 1.54) is 11.8 Å². The van der Waals surface area contributed by atoms with Crippen LogP contribution in [-0.2, 0) is 15.0 Å². The van der Waals surface area contributed by atoms with Crippen molar-refractivity contribution in [1.29, 1.82) is 0 Å². The summed E-state index contributed by atoms with van der Waals surface area (Å²) in [6, 6.07) is 7.81. The molecule has 0 aromatic heterocycles. The molecule has 1 aliphatic carbocycles. The van der Waals surface area contributed by atoms with Crippen LogP contribution in [0.2, 0.25) is 5.02 Å². The average molecular weight is 364 g/mol. The number of thioether (sulfide) groups is 1. The molecule has 126 valence electrons. The van der Waals surface area contributed by atoms with E-state index in [-0.39, 0.29) is 28.9 Å². The van der Waals surface area contributed by atoms with E-state index in [1.807, 2.05) is 24.3 Å². The molecule has 7 heteroatoms. The third kappa shape index (κ3) is 2.82. The summed E-state index contributed by atoms with van der Waals surface area (Å²) in [5.41, 5.74) is 1.07. The van der Waals surface area contributed by atoms with Crippen molar-refractivity contribution in [1.82, 2.24) is 10.2 Å². The maximum atomic E-state index is 12.3. The number of nitrogens with one attached hydrogen (secondary N) is 1. The fourth-order valence-corrected chi connectivity index (χ4v) is 4.83. The Kier molecular flexibility index (Phi) is 4.04. The van der Waals surface area contributed by atoms with E-state index < -0.39 is 0 Å². The number of fused-ring (bicyclic) bond motifs is 1. The highest BCUT2D eigenvalue weighted by molar-refractivity contribution is 8.15. The second kappa shape index (κ2) is 6.08. The summed E-state index contributed by atoms with van der Waals surface area (Å²) >= 11 is 7.71. The van der Waals surface area contributed by atoms with Crippen molar-refractivity contribution in [3.05, 3.63) is 34.9 Å². The van der Waals surface area contributed by atoms with E-state index in [2.05, 4.69) is 10.3 Å². The molecule has 3 aliphatic rings. The van der Waals surface area contributed by atoms with Crippen molar-refractivity contribution in [3.8, 4) is 0 Å². The molecule has 0 spiro atoms. The summed E-state index contributed by atoms with van der Waals surface area (Å²) < 4.78 is 0. The smallest absolute Gasteiger partial charge is 0.242 e. The number of halogens is 1. The van der Waals surface area contributed by atoms with Crippen molar-refractivity contribution in [2.75, 3.05) is 19.6 Å². The third-order valence-electron chi connectivity index (χ3n) is 4.88. The average Bonchev–Trinajstić information content (AvgIpc) is 3.12. The van der Waals surface area contributed by atoms with Crippen LogP contribution in [0.5, 0.6) is 0 Å². The van der Waals surface area contributed by atoms with E-state index in [9.17, 15) is 9.59 Å². The molecule has 2 heterocycles. The van der Waals surface area contributed by atoms with Crippen molar-refractivity contribution in [2.45, 2.75) is 29.9 Å². The quantitative estimate of drug-likeness (QED) is 0.872. The Morgan fingerprint density at radius 3 is 2.92 bits per heavy atom. The van der Waals surface area contributed by atoms with E-state index in [1.54, 1.807) is 4.90 Å². The van der Waals surface area contributed by atoms with Crippen LogP contribution in [0.3, 0.4) is 0 Å². The molecule has 0 radical (unpaired) electrons. The lowest BCUT2D eigenvalue weighted by Gasteiger charge is -2.18. The molecule has 1 saturated carbocycles. The van der Waals surface area contributed by atoms with Crippen molar-refractivity contribution < 1.29 is 9.59 Å². The predicted octanol–water partition coefficient (Wildman–Crippen LogP) is 2.19. The van der Waals surface area contributed by atoms with Crippen LogP contribution in [0.1, 0.15) is 24.8 Å². The maximum Gasteiger partial charge on any atom is 0.242 e. The number of aliphatic imine (C=N–C) groups is 1. The lowest BCUT2D eigenvalue weighted by atomic mass is 9.96. The molecule has 2 aliphatic heterocycles. The number of amides is 2.